The average Bonchev–Trinajstić information content (AvgIpc) is 1.90. The molecule has 56 valence electrons. The molecule has 4 heteroatoms. The van der Waals surface area contributed by atoms with E-state index in [4.69, 9.17) is 5.11 Å². The summed E-state index contributed by atoms with van der Waals surface area (Å²) in [6, 6.07) is 8.30. The van der Waals surface area contributed by atoms with Gasteiger partial charge in [-0.1, -0.05) is 18.2 Å². The fraction of sp³-hybridized carbons (Fsp3) is 0. The number of carboxylic acid groups (broad SMARTS) is 1. The zero-order valence-corrected chi connectivity index (χ0v) is 8.24. The van der Waals surface area contributed by atoms with E-state index < -0.39 is 5.97 Å². The zero-order valence-electron chi connectivity index (χ0n) is 7.24. The summed E-state index contributed by atoms with van der Waals surface area (Å²) < 4.78 is 0. The van der Waals surface area contributed by atoms with E-state index in [0.29, 0.717) is 5.56 Å². The van der Waals surface area contributed by atoms with Gasteiger partial charge in [0.2, 0.25) is 0 Å². The SMILES string of the molecule is O.O=C(O)c1ccccc1.[H-].[Na+]. The van der Waals surface area contributed by atoms with Crippen molar-refractivity contribution in [2.24, 2.45) is 0 Å². The van der Waals surface area contributed by atoms with Gasteiger partial charge in [-0.3, -0.25) is 0 Å². The van der Waals surface area contributed by atoms with Crippen LogP contribution in [0.25, 0.3) is 0 Å². The first-order valence-corrected chi connectivity index (χ1v) is 2.59. The molecule has 3 nitrogen and oxygen atoms in total. The smallest absolute Gasteiger partial charge is 1.00 e. The van der Waals surface area contributed by atoms with Crippen LogP contribution in [0.15, 0.2) is 30.3 Å². The van der Waals surface area contributed by atoms with Crippen molar-refractivity contribution in [3.05, 3.63) is 35.9 Å². The standard InChI is InChI=1S/C7H6O2.Na.H2O.H/c8-7(9)6-4-2-1-3-5-6;;;/h1-5H,(H,8,9);;1H2;/q;+1;;-1. The quantitative estimate of drug-likeness (QED) is 0.473. The van der Waals surface area contributed by atoms with Crippen LogP contribution in [0.3, 0.4) is 0 Å². The minimum atomic E-state index is -0.879. The van der Waals surface area contributed by atoms with Gasteiger partial charge in [-0.25, -0.2) is 4.79 Å². The van der Waals surface area contributed by atoms with Crippen LogP contribution in [-0.4, -0.2) is 16.6 Å². The van der Waals surface area contributed by atoms with Crippen molar-refractivity contribution in [2.45, 2.75) is 0 Å². The molecule has 0 aliphatic heterocycles. The van der Waals surface area contributed by atoms with E-state index >= 15 is 0 Å². The van der Waals surface area contributed by atoms with Gasteiger partial charge in [-0.15, -0.1) is 0 Å². The van der Waals surface area contributed by atoms with Crippen molar-refractivity contribution in [1.82, 2.24) is 0 Å². The molecule has 11 heavy (non-hydrogen) atoms. The van der Waals surface area contributed by atoms with E-state index in [-0.39, 0.29) is 36.5 Å². The molecule has 1 aromatic carbocycles. The van der Waals surface area contributed by atoms with Gasteiger partial charge in [0.05, 0.1) is 5.56 Å². The third-order valence-corrected chi connectivity index (χ3v) is 1.02. The average molecular weight is 164 g/mol. The third kappa shape index (κ3) is 4.16. The molecule has 0 amide bonds. The van der Waals surface area contributed by atoms with Crippen molar-refractivity contribution in [3.8, 4) is 0 Å². The van der Waals surface area contributed by atoms with Crippen molar-refractivity contribution in [2.75, 3.05) is 0 Å². The van der Waals surface area contributed by atoms with Crippen molar-refractivity contribution < 1.29 is 46.4 Å². The van der Waals surface area contributed by atoms with Gasteiger partial charge in [0.1, 0.15) is 0 Å². The topological polar surface area (TPSA) is 68.8 Å². The number of rotatable bonds is 1. The fourth-order valence-electron chi connectivity index (χ4n) is 0.581. The van der Waals surface area contributed by atoms with E-state index in [0.717, 1.165) is 0 Å². The molecule has 0 aromatic heterocycles. The molecule has 3 N–H and O–H groups in total. The minimum absolute atomic E-state index is 0. The van der Waals surface area contributed by atoms with Crippen LogP contribution in [0.2, 0.25) is 0 Å². The number of benzene rings is 1. The van der Waals surface area contributed by atoms with Crippen LogP contribution in [0.1, 0.15) is 11.8 Å². The van der Waals surface area contributed by atoms with E-state index in [2.05, 4.69) is 0 Å². The molecule has 0 atom stereocenters. The van der Waals surface area contributed by atoms with Crippen LogP contribution in [0.5, 0.6) is 0 Å². The minimum Gasteiger partial charge on any atom is -1.00 e. The van der Waals surface area contributed by atoms with Crippen molar-refractivity contribution >= 4 is 5.97 Å². The van der Waals surface area contributed by atoms with Crippen LogP contribution in [0, 0.1) is 0 Å². The summed E-state index contributed by atoms with van der Waals surface area (Å²) in [6.45, 7) is 0. The summed E-state index contributed by atoms with van der Waals surface area (Å²) in [4.78, 5) is 10.2. The Morgan fingerprint density at radius 2 is 1.73 bits per heavy atom. The molecule has 0 bridgehead atoms. The second-order valence-corrected chi connectivity index (χ2v) is 1.67. The summed E-state index contributed by atoms with van der Waals surface area (Å²) in [5, 5.41) is 8.38. The molecule has 0 saturated heterocycles. The van der Waals surface area contributed by atoms with E-state index in [9.17, 15) is 4.79 Å². The monoisotopic (exact) mass is 164 g/mol. The molecule has 1 aromatic rings. The van der Waals surface area contributed by atoms with Crippen LogP contribution in [0.4, 0.5) is 0 Å². The number of hydrogen-bond donors (Lipinski definition) is 1. The predicted octanol–water partition coefficient (Wildman–Crippen LogP) is -2.32. The Morgan fingerprint density at radius 1 is 1.27 bits per heavy atom. The van der Waals surface area contributed by atoms with Gasteiger partial charge < -0.3 is 12.0 Å². The normalized spacial score (nSPS) is 7.27. The number of carbonyl (C=O) groups is 1. The van der Waals surface area contributed by atoms with Crippen LogP contribution < -0.4 is 29.6 Å². The first kappa shape index (κ1) is 13.3. The number of aromatic carboxylic acids is 1. The number of hydrogen-bond acceptors (Lipinski definition) is 1. The van der Waals surface area contributed by atoms with E-state index in [1.54, 1.807) is 30.3 Å². The van der Waals surface area contributed by atoms with Crippen LogP contribution >= 0.6 is 0 Å². The molecule has 0 heterocycles. The molecular formula is C7H9NaO3. The molecule has 0 unspecified atom stereocenters. The molecule has 0 radical (unpaired) electrons. The Balaban J connectivity index is -0.000000270. The van der Waals surface area contributed by atoms with Gasteiger partial charge in [-0.05, 0) is 12.1 Å². The molecule has 0 aliphatic carbocycles. The van der Waals surface area contributed by atoms with Gasteiger partial charge in [0.15, 0.2) is 0 Å². The van der Waals surface area contributed by atoms with E-state index in [1.165, 1.54) is 0 Å². The fourth-order valence-corrected chi connectivity index (χ4v) is 0.581. The summed E-state index contributed by atoms with van der Waals surface area (Å²) in [6.07, 6.45) is 0. The summed E-state index contributed by atoms with van der Waals surface area (Å²) >= 11 is 0. The second-order valence-electron chi connectivity index (χ2n) is 1.67. The summed E-state index contributed by atoms with van der Waals surface area (Å²) in [7, 11) is 0. The molecular weight excluding hydrogens is 155 g/mol. The molecule has 0 spiro atoms. The second kappa shape index (κ2) is 6.37. The number of carboxylic acids is 1. The summed E-state index contributed by atoms with van der Waals surface area (Å²) in [5.41, 5.74) is 0.331. The van der Waals surface area contributed by atoms with Gasteiger partial charge in [-0.2, -0.15) is 0 Å². The molecule has 0 fully saturated rings. The Bertz CT molecular complexity index is 215. The zero-order chi connectivity index (χ0) is 6.69. The maximum atomic E-state index is 10.2. The Hall–Kier alpha value is -0.350. The Kier molecular flexibility index (Phi) is 7.67. The first-order chi connectivity index (χ1) is 4.30. The Labute approximate surface area is 88.1 Å². The van der Waals surface area contributed by atoms with Gasteiger partial charge >= 0.3 is 35.5 Å². The maximum Gasteiger partial charge on any atom is 1.00 e. The van der Waals surface area contributed by atoms with Gasteiger partial charge in [0.25, 0.3) is 0 Å². The van der Waals surface area contributed by atoms with Crippen molar-refractivity contribution in [3.63, 3.8) is 0 Å². The first-order valence-electron chi connectivity index (χ1n) is 2.59. The van der Waals surface area contributed by atoms with Gasteiger partial charge in [0, 0.05) is 0 Å². The van der Waals surface area contributed by atoms with E-state index in [1.807, 2.05) is 0 Å². The molecule has 0 aliphatic rings. The van der Waals surface area contributed by atoms with Crippen molar-refractivity contribution in [1.29, 1.82) is 0 Å². The molecule has 0 saturated carbocycles. The summed E-state index contributed by atoms with van der Waals surface area (Å²) in [5.74, 6) is -0.879. The van der Waals surface area contributed by atoms with Crippen LogP contribution in [-0.2, 0) is 0 Å². The largest absolute Gasteiger partial charge is 1.00 e. The maximum absolute atomic E-state index is 10.2. The molecule has 1 rings (SSSR count). The Morgan fingerprint density at radius 3 is 2.00 bits per heavy atom. The predicted molar refractivity (Wildman–Crippen MR) is 38.1 cm³/mol. The third-order valence-electron chi connectivity index (χ3n) is 1.02.